The first-order valence-corrected chi connectivity index (χ1v) is 6.34. The first-order valence-electron chi connectivity index (χ1n) is 5.96. The maximum absolute atomic E-state index is 10.6. The molecule has 0 unspecified atom stereocenters. The number of nitrogens with zero attached hydrogens (tertiary/aromatic N) is 1. The van der Waals surface area contributed by atoms with Gasteiger partial charge in [-0.25, -0.2) is 0 Å². The molecule has 0 aliphatic rings. The molecule has 0 aliphatic carbocycles. The van der Waals surface area contributed by atoms with Crippen LogP contribution in [0.3, 0.4) is 0 Å². The molecule has 2 rings (SSSR count). The molecule has 0 atom stereocenters. The van der Waals surface area contributed by atoms with Crippen LogP contribution in [0.5, 0.6) is 0 Å². The molecule has 2 N–H and O–H groups in total. The number of benzene rings is 2. The number of nitro benzene ring substituents is 1. The van der Waals surface area contributed by atoms with Crippen LogP contribution in [0.1, 0.15) is 11.1 Å². The number of hydrogen-bond donors (Lipinski definition) is 2. The minimum atomic E-state index is -0.432. The number of nitrogens with one attached hydrogen (secondary N) is 1. The molecule has 0 bridgehead atoms. The smallest absolute Gasteiger partial charge is 0.269 e. The largest absolute Gasteiger partial charge is 0.392 e. The van der Waals surface area contributed by atoms with E-state index in [1.165, 1.54) is 12.1 Å². The van der Waals surface area contributed by atoms with E-state index >= 15 is 0 Å². The third-order valence-corrected chi connectivity index (χ3v) is 3.17. The van der Waals surface area contributed by atoms with Crippen LogP contribution in [0.4, 0.5) is 11.4 Å². The van der Waals surface area contributed by atoms with E-state index in [2.05, 4.69) is 5.32 Å². The Morgan fingerprint density at radius 1 is 1.15 bits per heavy atom. The van der Waals surface area contributed by atoms with Gasteiger partial charge in [0.15, 0.2) is 0 Å². The van der Waals surface area contributed by atoms with E-state index in [0.717, 1.165) is 16.8 Å². The van der Waals surface area contributed by atoms with Gasteiger partial charge in [0.25, 0.3) is 5.69 Å². The quantitative estimate of drug-likeness (QED) is 0.654. The number of anilines is 1. The molecule has 5 nitrogen and oxygen atoms in total. The number of non-ortho nitro benzene ring substituents is 1. The number of hydrogen-bond acceptors (Lipinski definition) is 4. The molecule has 104 valence electrons. The Kier molecular flexibility index (Phi) is 4.55. The summed E-state index contributed by atoms with van der Waals surface area (Å²) in [6.07, 6.45) is 0. The molecule has 0 aromatic heterocycles. The highest BCUT2D eigenvalue weighted by atomic mass is 35.5. The van der Waals surface area contributed by atoms with Crippen molar-refractivity contribution in [2.75, 3.05) is 5.32 Å². The summed E-state index contributed by atoms with van der Waals surface area (Å²) in [6.45, 7) is 0.440. The van der Waals surface area contributed by atoms with Crippen LogP contribution in [0.15, 0.2) is 42.5 Å². The second kappa shape index (κ2) is 6.36. The van der Waals surface area contributed by atoms with E-state index in [0.29, 0.717) is 11.6 Å². The van der Waals surface area contributed by atoms with Crippen LogP contribution in [0.25, 0.3) is 0 Å². The second-order valence-corrected chi connectivity index (χ2v) is 4.66. The van der Waals surface area contributed by atoms with Gasteiger partial charge in [0.05, 0.1) is 22.2 Å². The predicted molar refractivity (Wildman–Crippen MR) is 77.8 cm³/mol. The molecule has 2 aromatic carbocycles. The summed E-state index contributed by atoms with van der Waals surface area (Å²) in [5.41, 5.74) is 2.45. The lowest BCUT2D eigenvalue weighted by Crippen LogP contribution is -2.01. The third-order valence-electron chi connectivity index (χ3n) is 2.84. The van der Waals surface area contributed by atoms with Crippen molar-refractivity contribution in [1.82, 2.24) is 0 Å². The Morgan fingerprint density at radius 2 is 1.80 bits per heavy atom. The SMILES string of the molecule is O=[N+]([O-])c1ccc(CNc2cc(CO)ccc2Cl)cc1. The molecule has 0 heterocycles. The van der Waals surface area contributed by atoms with E-state index in [1.807, 2.05) is 0 Å². The number of aliphatic hydroxyl groups excluding tert-OH is 1. The van der Waals surface area contributed by atoms with Crippen molar-refractivity contribution in [1.29, 1.82) is 0 Å². The molecule has 6 heteroatoms. The molecule has 0 amide bonds. The van der Waals surface area contributed by atoms with Crippen molar-refractivity contribution >= 4 is 23.0 Å². The van der Waals surface area contributed by atoms with Gasteiger partial charge < -0.3 is 10.4 Å². The summed E-state index contributed by atoms with van der Waals surface area (Å²) in [5.74, 6) is 0. The van der Waals surface area contributed by atoms with Crippen LogP contribution >= 0.6 is 11.6 Å². The summed E-state index contributed by atoms with van der Waals surface area (Å²) >= 11 is 6.05. The Hall–Kier alpha value is -2.11. The van der Waals surface area contributed by atoms with Crippen molar-refractivity contribution in [2.45, 2.75) is 13.2 Å². The van der Waals surface area contributed by atoms with E-state index in [4.69, 9.17) is 16.7 Å². The maximum Gasteiger partial charge on any atom is 0.269 e. The van der Waals surface area contributed by atoms with E-state index in [1.54, 1.807) is 30.3 Å². The zero-order valence-corrected chi connectivity index (χ0v) is 11.3. The lowest BCUT2D eigenvalue weighted by atomic mass is 10.2. The third kappa shape index (κ3) is 3.46. The van der Waals surface area contributed by atoms with Gasteiger partial charge in [-0.15, -0.1) is 0 Å². The van der Waals surface area contributed by atoms with Crippen molar-refractivity contribution < 1.29 is 10.0 Å². The minimum Gasteiger partial charge on any atom is -0.392 e. The van der Waals surface area contributed by atoms with Gasteiger partial charge in [0, 0.05) is 18.7 Å². The highest BCUT2D eigenvalue weighted by Crippen LogP contribution is 2.24. The molecule has 2 aromatic rings. The second-order valence-electron chi connectivity index (χ2n) is 4.25. The first kappa shape index (κ1) is 14.3. The van der Waals surface area contributed by atoms with Crippen LogP contribution < -0.4 is 5.32 Å². The standard InChI is InChI=1S/C14H13ClN2O3/c15-13-6-3-11(9-18)7-14(13)16-8-10-1-4-12(5-2-10)17(19)20/h1-7,16,18H,8-9H2. The fraction of sp³-hybridized carbons (Fsp3) is 0.143. The summed E-state index contributed by atoms with van der Waals surface area (Å²) in [5, 5.41) is 23.3. The number of nitro groups is 1. The van der Waals surface area contributed by atoms with Crippen molar-refractivity contribution in [3.05, 3.63) is 68.7 Å². The van der Waals surface area contributed by atoms with Crippen molar-refractivity contribution in [3.8, 4) is 0 Å². The number of rotatable bonds is 5. The fourth-order valence-electron chi connectivity index (χ4n) is 1.74. The fourth-order valence-corrected chi connectivity index (χ4v) is 1.92. The maximum atomic E-state index is 10.6. The van der Waals surface area contributed by atoms with Crippen LogP contribution in [-0.2, 0) is 13.2 Å². The van der Waals surface area contributed by atoms with Gasteiger partial charge in [0.2, 0.25) is 0 Å². The van der Waals surface area contributed by atoms with E-state index in [-0.39, 0.29) is 12.3 Å². The highest BCUT2D eigenvalue weighted by Gasteiger charge is 2.05. The van der Waals surface area contributed by atoms with Gasteiger partial charge >= 0.3 is 0 Å². The lowest BCUT2D eigenvalue weighted by Gasteiger charge is -2.10. The molecule has 0 fully saturated rings. The number of halogens is 1. The molecule has 0 aliphatic heterocycles. The average molecular weight is 293 g/mol. The summed E-state index contributed by atoms with van der Waals surface area (Å²) in [6, 6.07) is 11.5. The molecular weight excluding hydrogens is 280 g/mol. The predicted octanol–water partition coefficient (Wildman–Crippen LogP) is 3.35. The summed E-state index contributed by atoms with van der Waals surface area (Å²) in [4.78, 5) is 10.1. The Bertz CT molecular complexity index is 614. The van der Waals surface area contributed by atoms with Gasteiger partial charge in [-0.05, 0) is 23.3 Å². The van der Waals surface area contributed by atoms with Crippen LogP contribution in [0, 0.1) is 10.1 Å². The summed E-state index contributed by atoms with van der Waals surface area (Å²) < 4.78 is 0. The van der Waals surface area contributed by atoms with E-state index in [9.17, 15) is 10.1 Å². The lowest BCUT2D eigenvalue weighted by molar-refractivity contribution is -0.384. The van der Waals surface area contributed by atoms with Gasteiger partial charge in [0.1, 0.15) is 0 Å². The molecule has 0 saturated carbocycles. The first-order chi connectivity index (χ1) is 9.60. The minimum absolute atomic E-state index is 0.0522. The molecular formula is C14H13ClN2O3. The highest BCUT2D eigenvalue weighted by molar-refractivity contribution is 6.33. The van der Waals surface area contributed by atoms with E-state index < -0.39 is 4.92 Å². The topological polar surface area (TPSA) is 75.4 Å². The van der Waals surface area contributed by atoms with Gasteiger partial charge in [-0.3, -0.25) is 10.1 Å². The Balaban J connectivity index is 2.06. The average Bonchev–Trinajstić information content (AvgIpc) is 2.47. The summed E-state index contributed by atoms with van der Waals surface area (Å²) in [7, 11) is 0. The molecule has 0 saturated heterocycles. The number of aliphatic hydroxyl groups is 1. The van der Waals surface area contributed by atoms with Gasteiger partial charge in [-0.2, -0.15) is 0 Å². The van der Waals surface area contributed by atoms with Crippen molar-refractivity contribution in [2.24, 2.45) is 0 Å². The van der Waals surface area contributed by atoms with Gasteiger partial charge in [-0.1, -0.05) is 29.8 Å². The molecule has 0 spiro atoms. The molecule has 0 radical (unpaired) electrons. The normalized spacial score (nSPS) is 10.3. The molecule has 20 heavy (non-hydrogen) atoms. The van der Waals surface area contributed by atoms with Crippen LogP contribution in [0.2, 0.25) is 5.02 Å². The van der Waals surface area contributed by atoms with Crippen LogP contribution in [-0.4, -0.2) is 10.0 Å². The Morgan fingerprint density at radius 3 is 2.40 bits per heavy atom. The Labute approximate surface area is 121 Å². The van der Waals surface area contributed by atoms with Crippen molar-refractivity contribution in [3.63, 3.8) is 0 Å². The zero-order valence-electron chi connectivity index (χ0n) is 10.5. The monoisotopic (exact) mass is 292 g/mol. The zero-order chi connectivity index (χ0) is 14.5.